The zero-order valence-electron chi connectivity index (χ0n) is 14.4. The Labute approximate surface area is 127 Å². The number of allylic oxidation sites excluding steroid dienone is 4. The molecule has 20 heavy (non-hydrogen) atoms. The summed E-state index contributed by atoms with van der Waals surface area (Å²) in [7, 11) is 0. The van der Waals surface area contributed by atoms with Gasteiger partial charge in [0.1, 0.15) is 0 Å². The molecule has 0 nitrogen and oxygen atoms in total. The molecule has 0 saturated heterocycles. The molecule has 0 aromatic carbocycles. The number of unbranched alkanes of at least 4 members (excludes halogenated alkanes) is 4. The summed E-state index contributed by atoms with van der Waals surface area (Å²) in [5.41, 5.74) is 4.37. The minimum Gasteiger partial charge on any atom is -0.0982 e. The van der Waals surface area contributed by atoms with E-state index in [2.05, 4.69) is 52.5 Å². The fourth-order valence-corrected chi connectivity index (χ4v) is 2.55. The monoisotopic (exact) mass is 274 g/mol. The summed E-state index contributed by atoms with van der Waals surface area (Å²) in [6.07, 6.45) is 13.1. The summed E-state index contributed by atoms with van der Waals surface area (Å²) in [6, 6.07) is 0. The largest absolute Gasteiger partial charge is 0.0982 e. The maximum absolute atomic E-state index is 3.46. The third-order valence-electron chi connectivity index (χ3n) is 3.69. The summed E-state index contributed by atoms with van der Waals surface area (Å²) in [5, 5.41) is 0. The zero-order chi connectivity index (χ0) is 15.2. The van der Waals surface area contributed by atoms with Gasteiger partial charge in [0.15, 0.2) is 0 Å². The Morgan fingerprint density at radius 3 is 2.10 bits per heavy atom. The van der Waals surface area contributed by atoms with Gasteiger partial charge in [-0.05, 0) is 43.3 Å². The smallest absolute Gasteiger partial charge is 0.00923 e. The first-order valence-corrected chi connectivity index (χ1v) is 8.65. The maximum Gasteiger partial charge on any atom is 0.00923 e. The first-order chi connectivity index (χ1) is 9.74. The standard InChI is InChI=1S/C20H34/c1-6-11-12-13-14-15-17-19(9-4)20(10-5)18(8-3)16-7-2/h16H,6-14H2,1-5H3/b18-16+,20-19-. The summed E-state index contributed by atoms with van der Waals surface area (Å²) < 4.78 is 0. The summed E-state index contributed by atoms with van der Waals surface area (Å²) in [4.78, 5) is 0. The molecule has 0 heterocycles. The molecule has 114 valence electrons. The molecule has 0 aliphatic heterocycles. The molecule has 0 bridgehead atoms. The maximum atomic E-state index is 3.46. The van der Waals surface area contributed by atoms with E-state index in [1.165, 1.54) is 42.4 Å². The third-order valence-corrected chi connectivity index (χ3v) is 3.69. The molecule has 0 aliphatic rings. The fourth-order valence-electron chi connectivity index (χ4n) is 2.55. The van der Waals surface area contributed by atoms with Gasteiger partial charge in [-0.3, -0.25) is 0 Å². The minimum absolute atomic E-state index is 1.06. The lowest BCUT2D eigenvalue weighted by atomic mass is 9.93. The van der Waals surface area contributed by atoms with Gasteiger partial charge in [0.2, 0.25) is 0 Å². The molecule has 0 amide bonds. The van der Waals surface area contributed by atoms with Crippen LogP contribution in [0.3, 0.4) is 0 Å². The van der Waals surface area contributed by atoms with Crippen LogP contribution in [-0.4, -0.2) is 0 Å². The molecule has 0 aromatic rings. The van der Waals surface area contributed by atoms with E-state index in [9.17, 15) is 0 Å². The van der Waals surface area contributed by atoms with Gasteiger partial charge in [-0.15, -0.1) is 0 Å². The minimum atomic E-state index is 1.06. The SMILES string of the molecule is CC/C=C(CC)/C(CC)=C(\C#CCCCCCC)CC. The molecule has 0 radical (unpaired) electrons. The van der Waals surface area contributed by atoms with E-state index in [1.807, 2.05) is 0 Å². The van der Waals surface area contributed by atoms with Gasteiger partial charge in [-0.2, -0.15) is 0 Å². The first kappa shape index (κ1) is 19.0. The van der Waals surface area contributed by atoms with Crippen LogP contribution in [0.25, 0.3) is 0 Å². The van der Waals surface area contributed by atoms with Crippen LogP contribution in [0, 0.1) is 11.8 Å². The predicted octanol–water partition coefficient (Wildman–Crippen LogP) is 6.82. The molecule has 0 aliphatic carbocycles. The van der Waals surface area contributed by atoms with Crippen molar-refractivity contribution in [3.05, 3.63) is 22.8 Å². The molecule has 0 rings (SSSR count). The highest BCUT2D eigenvalue weighted by Crippen LogP contribution is 2.23. The van der Waals surface area contributed by atoms with Crippen molar-refractivity contribution in [3.8, 4) is 11.8 Å². The van der Waals surface area contributed by atoms with Crippen LogP contribution in [0.4, 0.5) is 0 Å². The molecule has 0 atom stereocenters. The van der Waals surface area contributed by atoms with Crippen molar-refractivity contribution in [3.63, 3.8) is 0 Å². The Morgan fingerprint density at radius 1 is 0.850 bits per heavy atom. The highest BCUT2D eigenvalue weighted by Gasteiger charge is 2.05. The van der Waals surface area contributed by atoms with Crippen LogP contribution in [0.5, 0.6) is 0 Å². The normalized spacial score (nSPS) is 12.8. The van der Waals surface area contributed by atoms with Crippen LogP contribution >= 0.6 is 0 Å². The predicted molar refractivity (Wildman–Crippen MR) is 92.8 cm³/mol. The number of hydrogen-bond donors (Lipinski definition) is 0. The summed E-state index contributed by atoms with van der Waals surface area (Å²) in [6.45, 7) is 11.2. The highest BCUT2D eigenvalue weighted by atomic mass is 14.1. The van der Waals surface area contributed by atoms with Crippen LogP contribution in [0.2, 0.25) is 0 Å². The van der Waals surface area contributed by atoms with E-state index < -0.39 is 0 Å². The van der Waals surface area contributed by atoms with E-state index in [-0.39, 0.29) is 0 Å². The molecule has 0 heteroatoms. The average molecular weight is 274 g/mol. The molecule has 0 N–H and O–H groups in total. The molecule has 0 spiro atoms. The highest BCUT2D eigenvalue weighted by molar-refractivity contribution is 5.43. The molecule has 0 fully saturated rings. The molecule has 0 unspecified atom stereocenters. The molecular formula is C20H34. The topological polar surface area (TPSA) is 0 Å². The van der Waals surface area contributed by atoms with E-state index in [4.69, 9.17) is 0 Å². The van der Waals surface area contributed by atoms with Gasteiger partial charge in [0, 0.05) is 12.0 Å². The Morgan fingerprint density at radius 2 is 1.60 bits per heavy atom. The van der Waals surface area contributed by atoms with Crippen molar-refractivity contribution in [2.75, 3.05) is 0 Å². The van der Waals surface area contributed by atoms with Gasteiger partial charge >= 0.3 is 0 Å². The Kier molecular flexibility index (Phi) is 12.4. The lowest BCUT2D eigenvalue weighted by Crippen LogP contribution is -1.94. The van der Waals surface area contributed by atoms with Gasteiger partial charge in [0.05, 0.1) is 0 Å². The molecule has 0 aromatic heterocycles. The van der Waals surface area contributed by atoms with Gasteiger partial charge in [0.25, 0.3) is 0 Å². The van der Waals surface area contributed by atoms with E-state index >= 15 is 0 Å². The number of rotatable bonds is 9. The number of hydrogen-bond acceptors (Lipinski definition) is 0. The lowest BCUT2D eigenvalue weighted by Gasteiger charge is -2.11. The second-order valence-electron chi connectivity index (χ2n) is 5.27. The van der Waals surface area contributed by atoms with Crippen molar-refractivity contribution in [2.45, 2.75) is 92.4 Å². The quantitative estimate of drug-likeness (QED) is 0.246. The van der Waals surface area contributed by atoms with Crippen molar-refractivity contribution in [2.24, 2.45) is 0 Å². The van der Waals surface area contributed by atoms with Crippen LogP contribution in [0.1, 0.15) is 92.4 Å². The zero-order valence-corrected chi connectivity index (χ0v) is 14.4. The van der Waals surface area contributed by atoms with Crippen molar-refractivity contribution in [1.82, 2.24) is 0 Å². The first-order valence-electron chi connectivity index (χ1n) is 8.65. The Balaban J connectivity index is 4.85. The van der Waals surface area contributed by atoms with Gasteiger partial charge < -0.3 is 0 Å². The van der Waals surface area contributed by atoms with Gasteiger partial charge in [-0.1, -0.05) is 71.8 Å². The van der Waals surface area contributed by atoms with E-state index in [0.717, 1.165) is 32.1 Å². The van der Waals surface area contributed by atoms with Crippen molar-refractivity contribution in [1.29, 1.82) is 0 Å². The second-order valence-corrected chi connectivity index (χ2v) is 5.27. The van der Waals surface area contributed by atoms with E-state index in [0.29, 0.717) is 0 Å². The fraction of sp³-hybridized carbons (Fsp3) is 0.700. The Hall–Kier alpha value is -0.960. The molecular weight excluding hydrogens is 240 g/mol. The summed E-state index contributed by atoms with van der Waals surface area (Å²) >= 11 is 0. The lowest BCUT2D eigenvalue weighted by molar-refractivity contribution is 0.679. The van der Waals surface area contributed by atoms with Crippen LogP contribution < -0.4 is 0 Å². The van der Waals surface area contributed by atoms with Crippen molar-refractivity contribution >= 4 is 0 Å². The van der Waals surface area contributed by atoms with Gasteiger partial charge in [-0.25, -0.2) is 0 Å². The average Bonchev–Trinajstić information content (AvgIpc) is 2.48. The van der Waals surface area contributed by atoms with Crippen LogP contribution in [-0.2, 0) is 0 Å². The third kappa shape index (κ3) is 7.59. The summed E-state index contributed by atoms with van der Waals surface area (Å²) in [5.74, 6) is 6.86. The van der Waals surface area contributed by atoms with Crippen LogP contribution in [0.15, 0.2) is 22.8 Å². The molecule has 0 saturated carbocycles. The van der Waals surface area contributed by atoms with E-state index in [1.54, 1.807) is 0 Å². The van der Waals surface area contributed by atoms with Crippen molar-refractivity contribution < 1.29 is 0 Å². The Bertz CT molecular complexity index is 357. The second kappa shape index (κ2) is 13.0.